The molecule has 1 aromatic heterocycles. The largest absolute Gasteiger partial charge is 0.497 e. The van der Waals surface area contributed by atoms with E-state index in [9.17, 15) is 18.0 Å². The van der Waals surface area contributed by atoms with Gasteiger partial charge in [0.05, 0.1) is 13.2 Å². The number of anilines is 2. The van der Waals surface area contributed by atoms with E-state index in [0.717, 1.165) is 15.8 Å². The Labute approximate surface area is 183 Å². The summed E-state index contributed by atoms with van der Waals surface area (Å²) in [7, 11) is 1.52. The quantitative estimate of drug-likeness (QED) is 0.564. The second-order valence-corrected chi connectivity index (χ2v) is 7.88. The van der Waals surface area contributed by atoms with Gasteiger partial charge in [-0.2, -0.15) is 18.3 Å². The van der Waals surface area contributed by atoms with E-state index in [4.69, 9.17) is 4.74 Å². The number of fused-ring (bicyclic) bond motifs is 1. The molecular formula is C23H23F3N4O2. The standard InChI is InChI=1S/C23H23F3N4O2/c1-13-4-7-16(10-14(13)2)27-22(31)19-12-21-28-18(15-5-8-17(32-3)9-6-15)11-20(23(24,25)26)30(21)29-19/h4-10,12,18,20,28H,11H2,1-3H3,(H,27,31)/t18-,20-/m0/s1. The smallest absolute Gasteiger partial charge is 0.410 e. The predicted octanol–water partition coefficient (Wildman–Crippen LogP) is 5.42. The van der Waals surface area contributed by atoms with Crippen LogP contribution in [0, 0.1) is 13.8 Å². The molecule has 3 aromatic rings. The number of amides is 1. The zero-order valence-corrected chi connectivity index (χ0v) is 17.8. The molecule has 6 nitrogen and oxygen atoms in total. The van der Waals surface area contributed by atoms with Crippen molar-refractivity contribution in [3.8, 4) is 5.75 Å². The lowest BCUT2D eigenvalue weighted by Gasteiger charge is -2.33. The average molecular weight is 444 g/mol. The Balaban J connectivity index is 1.62. The van der Waals surface area contributed by atoms with Gasteiger partial charge in [0, 0.05) is 18.2 Å². The Morgan fingerprint density at radius 3 is 2.47 bits per heavy atom. The molecule has 2 heterocycles. The Kier molecular flexibility index (Phi) is 5.58. The maximum absolute atomic E-state index is 13.9. The number of hydrogen-bond acceptors (Lipinski definition) is 4. The van der Waals surface area contributed by atoms with Crippen LogP contribution in [0.15, 0.2) is 48.5 Å². The molecule has 4 rings (SSSR count). The first kappa shape index (κ1) is 21.7. The molecule has 0 saturated heterocycles. The van der Waals surface area contributed by atoms with E-state index < -0.39 is 24.2 Å². The Morgan fingerprint density at radius 1 is 1.12 bits per heavy atom. The van der Waals surface area contributed by atoms with Gasteiger partial charge in [0.15, 0.2) is 11.7 Å². The van der Waals surface area contributed by atoms with Crippen molar-refractivity contribution in [1.29, 1.82) is 0 Å². The van der Waals surface area contributed by atoms with Gasteiger partial charge >= 0.3 is 6.18 Å². The van der Waals surface area contributed by atoms with Gasteiger partial charge in [0.25, 0.3) is 5.91 Å². The van der Waals surface area contributed by atoms with Gasteiger partial charge in [-0.1, -0.05) is 18.2 Å². The third-order valence-electron chi connectivity index (χ3n) is 5.71. The van der Waals surface area contributed by atoms with E-state index in [1.165, 1.54) is 13.2 Å². The highest BCUT2D eigenvalue weighted by molar-refractivity contribution is 6.03. The van der Waals surface area contributed by atoms with E-state index in [0.29, 0.717) is 17.0 Å². The van der Waals surface area contributed by atoms with Crippen LogP contribution in [-0.2, 0) is 0 Å². The minimum atomic E-state index is -4.52. The number of nitrogens with one attached hydrogen (secondary N) is 2. The third-order valence-corrected chi connectivity index (χ3v) is 5.71. The van der Waals surface area contributed by atoms with Crippen LogP contribution in [0.1, 0.15) is 45.7 Å². The number of hydrogen-bond donors (Lipinski definition) is 2. The van der Waals surface area contributed by atoms with Crippen LogP contribution in [0.5, 0.6) is 5.75 Å². The molecule has 1 aliphatic heterocycles. The van der Waals surface area contributed by atoms with Crippen LogP contribution < -0.4 is 15.4 Å². The topological polar surface area (TPSA) is 68.2 Å². The number of halogens is 3. The fraction of sp³-hybridized carbons (Fsp3) is 0.304. The Bertz CT molecular complexity index is 1140. The first-order valence-electron chi connectivity index (χ1n) is 10.1. The molecule has 0 aliphatic carbocycles. The number of aromatic nitrogens is 2. The maximum atomic E-state index is 13.9. The monoisotopic (exact) mass is 444 g/mol. The second kappa shape index (κ2) is 8.22. The van der Waals surface area contributed by atoms with Crippen molar-refractivity contribution in [1.82, 2.24) is 9.78 Å². The van der Waals surface area contributed by atoms with Gasteiger partial charge in [-0.15, -0.1) is 0 Å². The van der Waals surface area contributed by atoms with Crippen molar-refractivity contribution in [2.75, 3.05) is 17.7 Å². The lowest BCUT2D eigenvalue weighted by Crippen LogP contribution is -2.35. The summed E-state index contributed by atoms with van der Waals surface area (Å²) in [4.78, 5) is 12.7. The highest BCUT2D eigenvalue weighted by atomic mass is 19.4. The van der Waals surface area contributed by atoms with Crippen molar-refractivity contribution in [3.05, 3.63) is 70.9 Å². The minimum absolute atomic E-state index is 0.0876. The van der Waals surface area contributed by atoms with Gasteiger partial charge in [0.2, 0.25) is 0 Å². The van der Waals surface area contributed by atoms with Crippen LogP contribution in [0.4, 0.5) is 24.7 Å². The molecule has 2 aromatic carbocycles. The molecule has 0 unspecified atom stereocenters. The van der Waals surface area contributed by atoms with Crippen molar-refractivity contribution < 1.29 is 22.7 Å². The zero-order chi connectivity index (χ0) is 23.0. The summed E-state index contributed by atoms with van der Waals surface area (Å²) >= 11 is 0. The molecule has 1 aliphatic rings. The van der Waals surface area contributed by atoms with Crippen molar-refractivity contribution in [2.24, 2.45) is 0 Å². The molecule has 2 atom stereocenters. The summed E-state index contributed by atoms with van der Waals surface area (Å²) in [6, 6.07) is 11.2. The summed E-state index contributed by atoms with van der Waals surface area (Å²) in [5.74, 6) is 0.191. The molecular weight excluding hydrogens is 421 g/mol. The third kappa shape index (κ3) is 4.28. The summed E-state index contributed by atoms with van der Waals surface area (Å²) in [5.41, 5.74) is 3.22. The molecule has 0 fully saturated rings. The fourth-order valence-electron chi connectivity index (χ4n) is 3.75. The molecule has 1 amide bonds. The van der Waals surface area contributed by atoms with E-state index in [-0.39, 0.29) is 17.9 Å². The highest BCUT2D eigenvalue weighted by Gasteiger charge is 2.46. The van der Waals surface area contributed by atoms with Crippen molar-refractivity contribution in [3.63, 3.8) is 0 Å². The summed E-state index contributed by atoms with van der Waals surface area (Å²) < 4.78 is 47.6. The lowest BCUT2D eigenvalue weighted by molar-refractivity contribution is -0.173. The lowest BCUT2D eigenvalue weighted by atomic mass is 9.97. The minimum Gasteiger partial charge on any atom is -0.497 e. The van der Waals surface area contributed by atoms with Crippen molar-refractivity contribution in [2.45, 2.75) is 38.5 Å². The Hall–Kier alpha value is -3.49. The number of nitrogens with zero attached hydrogens (tertiary/aromatic N) is 2. The van der Waals surface area contributed by atoms with Crippen LogP contribution in [0.25, 0.3) is 0 Å². The van der Waals surface area contributed by atoms with Gasteiger partial charge in [-0.25, -0.2) is 4.68 Å². The summed E-state index contributed by atoms with van der Waals surface area (Å²) in [5, 5.41) is 9.79. The normalized spacial score (nSPS) is 17.9. The number of rotatable bonds is 4. The number of alkyl halides is 3. The molecule has 0 spiro atoms. The van der Waals surface area contributed by atoms with Crippen LogP contribution in [0.2, 0.25) is 0 Å². The second-order valence-electron chi connectivity index (χ2n) is 7.88. The molecule has 2 N–H and O–H groups in total. The number of carbonyl (C=O) groups is 1. The van der Waals surface area contributed by atoms with Crippen molar-refractivity contribution >= 4 is 17.4 Å². The summed E-state index contributed by atoms with van der Waals surface area (Å²) in [6.07, 6.45) is -4.77. The maximum Gasteiger partial charge on any atom is 0.410 e. The van der Waals surface area contributed by atoms with Gasteiger partial charge in [0.1, 0.15) is 11.6 Å². The molecule has 168 valence electrons. The first-order valence-corrected chi connectivity index (χ1v) is 10.1. The number of benzene rings is 2. The molecule has 0 saturated carbocycles. The van der Waals surface area contributed by atoms with Crippen LogP contribution in [-0.4, -0.2) is 29.0 Å². The van der Waals surface area contributed by atoms with Gasteiger partial charge in [-0.05, 0) is 54.8 Å². The fourth-order valence-corrected chi connectivity index (χ4v) is 3.75. The van der Waals surface area contributed by atoms with E-state index in [1.54, 1.807) is 36.4 Å². The zero-order valence-electron chi connectivity index (χ0n) is 17.8. The van der Waals surface area contributed by atoms with E-state index in [1.807, 2.05) is 19.9 Å². The van der Waals surface area contributed by atoms with Gasteiger partial charge < -0.3 is 15.4 Å². The molecule has 9 heteroatoms. The first-order chi connectivity index (χ1) is 15.2. The molecule has 0 radical (unpaired) electrons. The average Bonchev–Trinajstić information content (AvgIpc) is 3.19. The number of aryl methyl sites for hydroxylation is 2. The predicted molar refractivity (Wildman–Crippen MR) is 115 cm³/mol. The number of ether oxygens (including phenoxy) is 1. The summed E-state index contributed by atoms with van der Waals surface area (Å²) in [6.45, 7) is 3.87. The van der Waals surface area contributed by atoms with Gasteiger partial charge in [-0.3, -0.25) is 4.79 Å². The van der Waals surface area contributed by atoms with E-state index in [2.05, 4.69) is 15.7 Å². The molecule has 32 heavy (non-hydrogen) atoms. The number of methoxy groups -OCH3 is 1. The van der Waals surface area contributed by atoms with Crippen LogP contribution >= 0.6 is 0 Å². The highest BCUT2D eigenvalue weighted by Crippen LogP contribution is 2.43. The SMILES string of the molecule is COc1ccc([C@@H]2C[C@@H](C(F)(F)F)n3nc(C(=O)Nc4ccc(C)c(C)c4)cc3N2)cc1. The number of carbonyl (C=O) groups excluding carboxylic acids is 1. The van der Waals surface area contributed by atoms with Crippen LogP contribution in [0.3, 0.4) is 0 Å². The molecule has 0 bridgehead atoms. The Morgan fingerprint density at radius 2 is 1.84 bits per heavy atom. The van der Waals surface area contributed by atoms with E-state index >= 15 is 0 Å².